The first-order chi connectivity index (χ1) is 6.22. The fraction of sp³-hybridized carbons (Fsp3) is 0.909. The van der Waals surface area contributed by atoms with E-state index in [1.165, 1.54) is 0 Å². The van der Waals surface area contributed by atoms with Crippen molar-refractivity contribution in [3.05, 3.63) is 0 Å². The maximum absolute atomic E-state index is 11.5. The minimum absolute atomic E-state index is 0.00579. The molecule has 0 aliphatic carbocycles. The predicted octanol–water partition coefficient (Wildman–Crippen LogP) is 2.51. The van der Waals surface area contributed by atoms with Gasteiger partial charge in [0.1, 0.15) is 0 Å². The van der Waals surface area contributed by atoms with Crippen molar-refractivity contribution in [2.75, 3.05) is 0 Å². The van der Waals surface area contributed by atoms with Crippen molar-refractivity contribution >= 4 is 5.91 Å². The Bertz CT molecular complexity index is 182. The van der Waals surface area contributed by atoms with Crippen LogP contribution in [0.15, 0.2) is 0 Å². The van der Waals surface area contributed by atoms with Crippen LogP contribution in [0.5, 0.6) is 0 Å². The largest absolute Gasteiger partial charge is 0.273 e. The zero-order valence-corrected chi connectivity index (χ0v) is 10.2. The number of carbonyl (C=O) groups excluding carboxylic acids is 1. The Morgan fingerprint density at radius 3 is 2.14 bits per heavy atom. The highest BCUT2D eigenvalue weighted by Gasteiger charge is 2.20. The molecule has 0 bridgehead atoms. The predicted molar refractivity (Wildman–Crippen MR) is 57.6 cm³/mol. The molecule has 0 rings (SSSR count). The minimum Gasteiger partial charge on any atom is -0.273 e. The normalized spacial score (nSPS) is 14.2. The van der Waals surface area contributed by atoms with Gasteiger partial charge in [0.2, 0.25) is 5.91 Å². The van der Waals surface area contributed by atoms with Gasteiger partial charge in [-0.05, 0) is 25.7 Å². The Kier molecular flexibility index (Phi) is 5.13. The molecule has 0 fully saturated rings. The molecular formula is C11H23NO2. The quantitative estimate of drug-likeness (QED) is 0.710. The van der Waals surface area contributed by atoms with E-state index in [4.69, 9.17) is 4.84 Å². The van der Waals surface area contributed by atoms with Crippen LogP contribution in [0.4, 0.5) is 0 Å². The lowest BCUT2D eigenvalue weighted by molar-refractivity contribution is -0.141. The lowest BCUT2D eigenvalue weighted by atomic mass is 9.85. The Hall–Kier alpha value is -0.570. The van der Waals surface area contributed by atoms with Gasteiger partial charge in [0.05, 0.1) is 6.10 Å². The third kappa shape index (κ3) is 6.89. The van der Waals surface area contributed by atoms with E-state index in [2.05, 4.69) is 26.3 Å². The molecule has 0 aromatic rings. The lowest BCUT2D eigenvalue weighted by Gasteiger charge is -2.22. The second kappa shape index (κ2) is 5.35. The Balaban J connectivity index is 3.88. The molecule has 84 valence electrons. The first-order valence-corrected chi connectivity index (χ1v) is 5.18. The third-order valence-corrected chi connectivity index (χ3v) is 1.76. The standard InChI is InChI=1S/C11H23NO2/c1-8(2)14-12-10(13)9(3)7-11(4,5)6/h8-9H,7H2,1-6H3,(H,12,13)/t9-/m1/s1. The van der Waals surface area contributed by atoms with Crippen molar-refractivity contribution in [2.24, 2.45) is 11.3 Å². The van der Waals surface area contributed by atoms with E-state index in [1.54, 1.807) is 0 Å². The van der Waals surface area contributed by atoms with Gasteiger partial charge in [0.15, 0.2) is 0 Å². The van der Waals surface area contributed by atoms with Crippen LogP contribution in [0, 0.1) is 11.3 Å². The average molecular weight is 201 g/mol. The van der Waals surface area contributed by atoms with Crippen LogP contribution < -0.4 is 5.48 Å². The third-order valence-electron chi connectivity index (χ3n) is 1.76. The van der Waals surface area contributed by atoms with Crippen LogP contribution in [0.1, 0.15) is 48.0 Å². The van der Waals surface area contributed by atoms with Crippen molar-refractivity contribution in [1.29, 1.82) is 0 Å². The highest BCUT2D eigenvalue weighted by Crippen LogP contribution is 2.24. The first-order valence-electron chi connectivity index (χ1n) is 5.18. The summed E-state index contributed by atoms with van der Waals surface area (Å²) in [7, 11) is 0. The Morgan fingerprint density at radius 2 is 1.79 bits per heavy atom. The monoisotopic (exact) mass is 201 g/mol. The van der Waals surface area contributed by atoms with E-state index in [0.29, 0.717) is 0 Å². The van der Waals surface area contributed by atoms with Gasteiger partial charge in [-0.25, -0.2) is 5.48 Å². The average Bonchev–Trinajstić information content (AvgIpc) is 1.96. The van der Waals surface area contributed by atoms with Gasteiger partial charge in [-0.15, -0.1) is 0 Å². The van der Waals surface area contributed by atoms with E-state index < -0.39 is 0 Å². The van der Waals surface area contributed by atoms with E-state index >= 15 is 0 Å². The molecule has 0 unspecified atom stereocenters. The van der Waals surface area contributed by atoms with Gasteiger partial charge in [0.25, 0.3) is 0 Å². The van der Waals surface area contributed by atoms with Crippen LogP contribution in [0.3, 0.4) is 0 Å². The molecule has 1 amide bonds. The summed E-state index contributed by atoms with van der Waals surface area (Å²) >= 11 is 0. The van der Waals surface area contributed by atoms with Crippen LogP contribution in [-0.2, 0) is 9.63 Å². The van der Waals surface area contributed by atoms with Gasteiger partial charge in [-0.3, -0.25) is 9.63 Å². The second-order valence-electron chi connectivity index (χ2n) is 5.30. The number of rotatable bonds is 4. The fourth-order valence-corrected chi connectivity index (χ4v) is 1.29. The second-order valence-corrected chi connectivity index (χ2v) is 5.30. The summed E-state index contributed by atoms with van der Waals surface area (Å²) in [5.74, 6) is -0.0395. The molecule has 0 radical (unpaired) electrons. The van der Waals surface area contributed by atoms with Gasteiger partial charge in [-0.1, -0.05) is 27.7 Å². The first kappa shape index (κ1) is 13.4. The number of hydrogen-bond acceptors (Lipinski definition) is 2. The summed E-state index contributed by atoms with van der Waals surface area (Å²) in [6.45, 7) is 12.1. The summed E-state index contributed by atoms with van der Waals surface area (Å²) in [5.41, 5.74) is 2.64. The van der Waals surface area contributed by atoms with E-state index in [-0.39, 0.29) is 23.3 Å². The number of amides is 1. The van der Waals surface area contributed by atoms with Crippen molar-refractivity contribution in [1.82, 2.24) is 5.48 Å². The topological polar surface area (TPSA) is 38.3 Å². The van der Waals surface area contributed by atoms with Crippen molar-refractivity contribution in [2.45, 2.75) is 54.1 Å². The SMILES string of the molecule is CC(C)ONC(=O)[C@H](C)CC(C)(C)C. The highest BCUT2D eigenvalue weighted by molar-refractivity contribution is 5.77. The molecule has 0 saturated heterocycles. The van der Waals surface area contributed by atoms with Crippen LogP contribution in [0.2, 0.25) is 0 Å². The fourth-order valence-electron chi connectivity index (χ4n) is 1.29. The summed E-state index contributed by atoms with van der Waals surface area (Å²) in [6, 6.07) is 0. The molecule has 3 nitrogen and oxygen atoms in total. The molecule has 0 aromatic heterocycles. The van der Waals surface area contributed by atoms with E-state index in [1.807, 2.05) is 20.8 Å². The lowest BCUT2D eigenvalue weighted by Crippen LogP contribution is -2.33. The molecule has 0 spiro atoms. The zero-order chi connectivity index (χ0) is 11.4. The summed E-state index contributed by atoms with van der Waals surface area (Å²) in [4.78, 5) is 16.5. The summed E-state index contributed by atoms with van der Waals surface area (Å²) in [5, 5.41) is 0. The van der Waals surface area contributed by atoms with Crippen molar-refractivity contribution in [3.63, 3.8) is 0 Å². The van der Waals surface area contributed by atoms with Gasteiger partial charge in [-0.2, -0.15) is 0 Å². The Morgan fingerprint density at radius 1 is 1.29 bits per heavy atom. The molecule has 14 heavy (non-hydrogen) atoms. The van der Waals surface area contributed by atoms with Crippen molar-refractivity contribution < 1.29 is 9.63 Å². The maximum Gasteiger partial charge on any atom is 0.246 e. The van der Waals surface area contributed by atoms with E-state index in [9.17, 15) is 4.79 Å². The minimum atomic E-state index is -0.0337. The van der Waals surface area contributed by atoms with Gasteiger partial charge < -0.3 is 0 Å². The molecule has 0 heterocycles. The number of hydrogen-bond donors (Lipinski definition) is 1. The van der Waals surface area contributed by atoms with Crippen LogP contribution >= 0.6 is 0 Å². The molecule has 1 atom stereocenters. The molecule has 0 aliphatic rings. The van der Waals surface area contributed by atoms with E-state index in [0.717, 1.165) is 6.42 Å². The number of hydroxylamine groups is 1. The highest BCUT2D eigenvalue weighted by atomic mass is 16.7. The van der Waals surface area contributed by atoms with Gasteiger partial charge in [0, 0.05) is 5.92 Å². The van der Waals surface area contributed by atoms with Crippen LogP contribution in [-0.4, -0.2) is 12.0 Å². The molecule has 0 saturated carbocycles. The molecule has 0 aromatic carbocycles. The molecule has 3 heteroatoms. The number of nitrogens with one attached hydrogen (secondary N) is 1. The Labute approximate surface area is 87.2 Å². The maximum atomic E-state index is 11.5. The summed E-state index contributed by atoms with van der Waals surface area (Å²) in [6.07, 6.45) is 0.890. The zero-order valence-electron chi connectivity index (χ0n) is 10.2. The molecule has 1 N–H and O–H groups in total. The smallest absolute Gasteiger partial charge is 0.246 e. The summed E-state index contributed by atoms with van der Waals surface area (Å²) < 4.78 is 0. The molecular weight excluding hydrogens is 178 g/mol. The number of carbonyl (C=O) groups is 1. The van der Waals surface area contributed by atoms with Crippen molar-refractivity contribution in [3.8, 4) is 0 Å². The van der Waals surface area contributed by atoms with Crippen LogP contribution in [0.25, 0.3) is 0 Å². The van der Waals surface area contributed by atoms with Gasteiger partial charge >= 0.3 is 0 Å². The molecule has 0 aliphatic heterocycles.